The average molecular weight is 204 g/mol. The first kappa shape index (κ1) is 12.0. The van der Waals surface area contributed by atoms with Gasteiger partial charge in [0.2, 0.25) is 0 Å². The van der Waals surface area contributed by atoms with Crippen molar-refractivity contribution in [2.75, 3.05) is 0 Å². The molecule has 0 bridgehead atoms. The molecule has 0 unspecified atom stereocenters. The Bertz CT molecular complexity index is 300. The normalized spacial score (nSPS) is 14.8. The standard InChI is InChI=1S/C11H12O.C3H8/c12-8-10-4-1-2-7-11(10)9-5-3-6-9;1-3-2/h1-2,4,7-9H,3,5-6H2;3H2,1-2H3. The summed E-state index contributed by atoms with van der Waals surface area (Å²) in [6.45, 7) is 4.25. The van der Waals surface area contributed by atoms with Crippen LogP contribution in [0.1, 0.15) is 61.4 Å². The Kier molecular flexibility index (Phi) is 5.09. The third kappa shape index (κ3) is 3.19. The molecule has 0 heterocycles. The molecule has 0 atom stereocenters. The van der Waals surface area contributed by atoms with Crippen LogP contribution < -0.4 is 0 Å². The summed E-state index contributed by atoms with van der Waals surface area (Å²) >= 11 is 0. The molecule has 0 amide bonds. The molecule has 2 rings (SSSR count). The molecular weight excluding hydrogens is 184 g/mol. The molecule has 0 N–H and O–H groups in total. The fourth-order valence-corrected chi connectivity index (χ4v) is 1.71. The summed E-state index contributed by atoms with van der Waals surface area (Å²) in [4.78, 5) is 10.7. The molecule has 0 spiro atoms. The second-order valence-corrected chi connectivity index (χ2v) is 4.08. The van der Waals surface area contributed by atoms with Crippen LogP contribution in [0.3, 0.4) is 0 Å². The summed E-state index contributed by atoms with van der Waals surface area (Å²) in [5.41, 5.74) is 2.13. The maximum absolute atomic E-state index is 10.7. The van der Waals surface area contributed by atoms with E-state index < -0.39 is 0 Å². The van der Waals surface area contributed by atoms with Gasteiger partial charge in [-0.15, -0.1) is 0 Å². The Hall–Kier alpha value is -1.11. The predicted molar refractivity (Wildman–Crippen MR) is 64.4 cm³/mol. The maximum Gasteiger partial charge on any atom is 0.150 e. The molecule has 0 aliphatic heterocycles. The lowest BCUT2D eigenvalue weighted by atomic mass is 9.78. The molecule has 1 aromatic carbocycles. The van der Waals surface area contributed by atoms with Crippen molar-refractivity contribution >= 4 is 6.29 Å². The van der Waals surface area contributed by atoms with Gasteiger partial charge in [-0.25, -0.2) is 0 Å². The van der Waals surface area contributed by atoms with Crippen LogP contribution in [-0.4, -0.2) is 6.29 Å². The van der Waals surface area contributed by atoms with Crippen LogP contribution >= 0.6 is 0 Å². The molecule has 1 fully saturated rings. The van der Waals surface area contributed by atoms with Crippen molar-refractivity contribution in [3.63, 3.8) is 0 Å². The maximum atomic E-state index is 10.7. The van der Waals surface area contributed by atoms with Crippen LogP contribution in [0.25, 0.3) is 0 Å². The molecule has 0 radical (unpaired) electrons. The molecule has 0 aromatic heterocycles. The Morgan fingerprint density at radius 3 is 2.33 bits per heavy atom. The van der Waals surface area contributed by atoms with Gasteiger partial charge in [0, 0.05) is 5.56 Å². The Morgan fingerprint density at radius 2 is 1.87 bits per heavy atom. The van der Waals surface area contributed by atoms with E-state index in [2.05, 4.69) is 19.9 Å². The lowest BCUT2D eigenvalue weighted by molar-refractivity contribution is 0.112. The molecule has 1 saturated carbocycles. The summed E-state index contributed by atoms with van der Waals surface area (Å²) in [6.07, 6.45) is 6.04. The number of aldehydes is 1. The molecule has 1 aliphatic carbocycles. The van der Waals surface area contributed by atoms with Crippen molar-refractivity contribution in [1.29, 1.82) is 0 Å². The van der Waals surface area contributed by atoms with Gasteiger partial charge >= 0.3 is 0 Å². The minimum Gasteiger partial charge on any atom is -0.298 e. The van der Waals surface area contributed by atoms with Gasteiger partial charge in [-0.3, -0.25) is 4.79 Å². The van der Waals surface area contributed by atoms with Crippen molar-refractivity contribution in [1.82, 2.24) is 0 Å². The van der Waals surface area contributed by atoms with Crippen molar-refractivity contribution in [3.05, 3.63) is 35.4 Å². The second kappa shape index (κ2) is 6.39. The second-order valence-electron chi connectivity index (χ2n) is 4.08. The number of hydrogen-bond donors (Lipinski definition) is 0. The van der Waals surface area contributed by atoms with Crippen LogP contribution in [0.5, 0.6) is 0 Å². The first-order valence-corrected chi connectivity index (χ1v) is 5.87. The first-order chi connectivity index (χ1) is 7.33. The fraction of sp³-hybridized carbons (Fsp3) is 0.500. The van der Waals surface area contributed by atoms with Crippen molar-refractivity contribution in [2.45, 2.75) is 45.4 Å². The molecule has 1 heteroatoms. The summed E-state index contributed by atoms with van der Waals surface area (Å²) in [7, 11) is 0. The van der Waals surface area contributed by atoms with Crippen LogP contribution in [0.15, 0.2) is 24.3 Å². The first-order valence-electron chi connectivity index (χ1n) is 5.87. The lowest BCUT2D eigenvalue weighted by Crippen LogP contribution is -2.10. The highest BCUT2D eigenvalue weighted by atomic mass is 16.1. The number of hydrogen-bond acceptors (Lipinski definition) is 1. The van der Waals surface area contributed by atoms with Gasteiger partial charge in [-0.1, -0.05) is 51.0 Å². The van der Waals surface area contributed by atoms with Gasteiger partial charge in [0.05, 0.1) is 0 Å². The summed E-state index contributed by atoms with van der Waals surface area (Å²) in [5.74, 6) is 0.659. The van der Waals surface area contributed by atoms with Gasteiger partial charge in [-0.05, 0) is 24.3 Å². The minimum atomic E-state index is 0.659. The summed E-state index contributed by atoms with van der Waals surface area (Å²) in [6, 6.07) is 7.92. The van der Waals surface area contributed by atoms with Gasteiger partial charge in [0.1, 0.15) is 6.29 Å². The topological polar surface area (TPSA) is 17.1 Å². The zero-order valence-electron chi connectivity index (χ0n) is 9.70. The van der Waals surface area contributed by atoms with E-state index in [1.807, 2.05) is 18.2 Å². The van der Waals surface area contributed by atoms with Gasteiger partial charge in [0.25, 0.3) is 0 Å². The zero-order valence-corrected chi connectivity index (χ0v) is 9.70. The summed E-state index contributed by atoms with van der Waals surface area (Å²) < 4.78 is 0. The third-order valence-electron chi connectivity index (χ3n) is 2.67. The van der Waals surface area contributed by atoms with E-state index in [4.69, 9.17) is 0 Å². The molecule has 82 valence electrons. The molecule has 1 aliphatic rings. The zero-order chi connectivity index (χ0) is 11.1. The van der Waals surface area contributed by atoms with Gasteiger partial charge in [-0.2, -0.15) is 0 Å². The third-order valence-corrected chi connectivity index (χ3v) is 2.67. The highest BCUT2D eigenvalue weighted by Crippen LogP contribution is 2.37. The van der Waals surface area contributed by atoms with E-state index in [0.29, 0.717) is 5.92 Å². The van der Waals surface area contributed by atoms with Crippen LogP contribution in [-0.2, 0) is 0 Å². The number of carbonyl (C=O) groups excluding carboxylic acids is 1. The van der Waals surface area contributed by atoms with E-state index in [0.717, 1.165) is 11.8 Å². The monoisotopic (exact) mass is 204 g/mol. The van der Waals surface area contributed by atoms with E-state index >= 15 is 0 Å². The molecule has 0 saturated heterocycles. The SMILES string of the molecule is CCC.O=Cc1ccccc1C1CCC1. The number of rotatable bonds is 2. The lowest BCUT2D eigenvalue weighted by Gasteiger charge is -2.26. The van der Waals surface area contributed by atoms with Gasteiger partial charge < -0.3 is 0 Å². The molecule has 15 heavy (non-hydrogen) atoms. The quantitative estimate of drug-likeness (QED) is 0.660. The Balaban J connectivity index is 0.000000337. The Morgan fingerprint density at radius 1 is 1.27 bits per heavy atom. The average Bonchev–Trinajstić information content (AvgIpc) is 2.17. The number of benzene rings is 1. The smallest absolute Gasteiger partial charge is 0.150 e. The Labute approximate surface area is 92.5 Å². The number of carbonyl (C=O) groups is 1. The van der Waals surface area contributed by atoms with Crippen molar-refractivity contribution in [2.24, 2.45) is 0 Å². The van der Waals surface area contributed by atoms with Crippen molar-refractivity contribution < 1.29 is 4.79 Å². The summed E-state index contributed by atoms with van der Waals surface area (Å²) in [5, 5.41) is 0. The highest BCUT2D eigenvalue weighted by molar-refractivity contribution is 5.77. The molecular formula is C14H20O. The van der Waals surface area contributed by atoms with E-state index in [-0.39, 0.29) is 0 Å². The van der Waals surface area contributed by atoms with E-state index in [1.165, 1.54) is 31.2 Å². The van der Waals surface area contributed by atoms with Crippen molar-refractivity contribution in [3.8, 4) is 0 Å². The van der Waals surface area contributed by atoms with E-state index in [1.54, 1.807) is 0 Å². The predicted octanol–water partition coefficient (Wildman–Crippen LogP) is 4.18. The van der Waals surface area contributed by atoms with Crippen LogP contribution in [0, 0.1) is 0 Å². The van der Waals surface area contributed by atoms with Gasteiger partial charge in [0.15, 0.2) is 0 Å². The highest BCUT2D eigenvalue weighted by Gasteiger charge is 2.21. The van der Waals surface area contributed by atoms with Crippen LogP contribution in [0.2, 0.25) is 0 Å². The molecule has 1 nitrogen and oxygen atoms in total. The van der Waals surface area contributed by atoms with E-state index in [9.17, 15) is 4.79 Å². The fourth-order valence-electron chi connectivity index (χ4n) is 1.71. The largest absolute Gasteiger partial charge is 0.298 e. The molecule has 1 aromatic rings. The minimum absolute atomic E-state index is 0.659. The van der Waals surface area contributed by atoms with Crippen LogP contribution in [0.4, 0.5) is 0 Å².